The summed E-state index contributed by atoms with van der Waals surface area (Å²) in [6.45, 7) is 1.70. The summed E-state index contributed by atoms with van der Waals surface area (Å²) in [6.07, 6.45) is 2.09. The molecular formula is C12H16FN3O. The van der Waals surface area contributed by atoms with Crippen LogP contribution in [0.4, 0.5) is 14.9 Å². The lowest BCUT2D eigenvalue weighted by atomic mass is 10.2. The molecule has 1 heterocycles. The number of halogens is 1. The monoisotopic (exact) mass is 237 g/mol. The normalized spacial score (nSPS) is 15.1. The van der Waals surface area contributed by atoms with Gasteiger partial charge in [-0.25, -0.2) is 9.18 Å². The minimum atomic E-state index is -0.341. The number of nitrogens with two attached hydrogens (primary N) is 1. The number of nitrogens with zero attached hydrogens (tertiary/aromatic N) is 1. The van der Waals surface area contributed by atoms with Crippen LogP contribution in [0.25, 0.3) is 0 Å². The van der Waals surface area contributed by atoms with E-state index in [-0.39, 0.29) is 18.4 Å². The van der Waals surface area contributed by atoms with Gasteiger partial charge in [-0.05, 0) is 31.0 Å². The quantitative estimate of drug-likeness (QED) is 0.825. The van der Waals surface area contributed by atoms with E-state index in [2.05, 4.69) is 5.32 Å². The van der Waals surface area contributed by atoms with Crippen molar-refractivity contribution in [3.05, 3.63) is 29.6 Å². The van der Waals surface area contributed by atoms with Crippen molar-refractivity contribution in [2.75, 3.05) is 18.4 Å². The van der Waals surface area contributed by atoms with Gasteiger partial charge in [0.15, 0.2) is 0 Å². The molecule has 4 nitrogen and oxygen atoms in total. The summed E-state index contributed by atoms with van der Waals surface area (Å²) in [4.78, 5) is 13.5. The predicted octanol–water partition coefficient (Wildman–Crippen LogP) is 1.91. The number of rotatable bonds is 2. The molecule has 0 aliphatic carbocycles. The third-order valence-electron chi connectivity index (χ3n) is 2.91. The molecule has 0 aromatic heterocycles. The van der Waals surface area contributed by atoms with Gasteiger partial charge < -0.3 is 16.0 Å². The number of amides is 2. The summed E-state index contributed by atoms with van der Waals surface area (Å²) in [7, 11) is 0. The topological polar surface area (TPSA) is 58.4 Å². The van der Waals surface area contributed by atoms with Crippen LogP contribution in [0, 0.1) is 5.82 Å². The van der Waals surface area contributed by atoms with Crippen molar-refractivity contribution in [1.29, 1.82) is 0 Å². The minimum absolute atomic E-state index is 0.124. The van der Waals surface area contributed by atoms with Crippen molar-refractivity contribution in [2.45, 2.75) is 19.4 Å². The molecule has 3 N–H and O–H groups in total. The van der Waals surface area contributed by atoms with E-state index in [1.165, 1.54) is 6.07 Å². The van der Waals surface area contributed by atoms with Crippen LogP contribution in [0.3, 0.4) is 0 Å². The maximum atomic E-state index is 13.2. The number of hydrogen-bond donors (Lipinski definition) is 2. The van der Waals surface area contributed by atoms with Gasteiger partial charge in [0.1, 0.15) is 5.82 Å². The van der Waals surface area contributed by atoms with E-state index in [0.29, 0.717) is 11.3 Å². The van der Waals surface area contributed by atoms with Crippen LogP contribution in [-0.4, -0.2) is 24.0 Å². The highest BCUT2D eigenvalue weighted by Crippen LogP contribution is 2.16. The fourth-order valence-corrected chi connectivity index (χ4v) is 1.93. The van der Waals surface area contributed by atoms with Gasteiger partial charge in [0.25, 0.3) is 0 Å². The smallest absolute Gasteiger partial charge is 0.321 e. The Kier molecular flexibility index (Phi) is 3.58. The van der Waals surface area contributed by atoms with Crippen LogP contribution in [-0.2, 0) is 6.54 Å². The van der Waals surface area contributed by atoms with E-state index in [9.17, 15) is 9.18 Å². The Morgan fingerprint density at radius 1 is 1.41 bits per heavy atom. The SMILES string of the molecule is NCc1cc(NC(=O)N2CCCC2)ccc1F. The van der Waals surface area contributed by atoms with Crippen molar-refractivity contribution in [2.24, 2.45) is 5.73 Å². The molecule has 0 atom stereocenters. The van der Waals surface area contributed by atoms with Crippen LogP contribution in [0.15, 0.2) is 18.2 Å². The van der Waals surface area contributed by atoms with E-state index >= 15 is 0 Å². The zero-order valence-electron chi connectivity index (χ0n) is 9.58. The predicted molar refractivity (Wildman–Crippen MR) is 64.1 cm³/mol. The maximum absolute atomic E-state index is 13.2. The van der Waals surface area contributed by atoms with Gasteiger partial charge >= 0.3 is 6.03 Å². The molecule has 5 heteroatoms. The Bertz CT molecular complexity index is 416. The van der Waals surface area contributed by atoms with E-state index in [1.54, 1.807) is 17.0 Å². The van der Waals surface area contributed by atoms with Crippen molar-refractivity contribution in [3.8, 4) is 0 Å². The number of nitrogens with one attached hydrogen (secondary N) is 1. The Balaban J connectivity index is 2.05. The summed E-state index contributed by atoms with van der Waals surface area (Å²) in [6, 6.07) is 4.31. The van der Waals surface area contributed by atoms with Gasteiger partial charge in [-0.15, -0.1) is 0 Å². The average molecular weight is 237 g/mol. The molecule has 0 spiro atoms. The summed E-state index contributed by atoms with van der Waals surface area (Å²) >= 11 is 0. The lowest BCUT2D eigenvalue weighted by Gasteiger charge is -2.16. The number of carbonyl (C=O) groups is 1. The largest absolute Gasteiger partial charge is 0.326 e. The highest BCUT2D eigenvalue weighted by molar-refractivity contribution is 5.89. The number of likely N-dealkylation sites (tertiary alicyclic amines) is 1. The van der Waals surface area contributed by atoms with Crippen LogP contribution < -0.4 is 11.1 Å². The summed E-state index contributed by atoms with van der Waals surface area (Å²) < 4.78 is 13.2. The van der Waals surface area contributed by atoms with Gasteiger partial charge in [-0.2, -0.15) is 0 Å². The molecule has 2 amide bonds. The fraction of sp³-hybridized carbons (Fsp3) is 0.417. The number of carbonyl (C=O) groups excluding carboxylic acids is 1. The lowest BCUT2D eigenvalue weighted by Crippen LogP contribution is -2.32. The van der Waals surface area contributed by atoms with Gasteiger partial charge in [-0.1, -0.05) is 0 Å². The fourth-order valence-electron chi connectivity index (χ4n) is 1.93. The van der Waals surface area contributed by atoms with E-state index < -0.39 is 0 Å². The van der Waals surface area contributed by atoms with Crippen molar-refractivity contribution < 1.29 is 9.18 Å². The molecule has 0 saturated carbocycles. The lowest BCUT2D eigenvalue weighted by molar-refractivity contribution is 0.222. The summed E-state index contributed by atoms with van der Waals surface area (Å²) in [5.74, 6) is -0.341. The van der Waals surface area contributed by atoms with E-state index in [4.69, 9.17) is 5.73 Å². The second-order valence-electron chi connectivity index (χ2n) is 4.13. The Labute approximate surface area is 99.6 Å². The van der Waals surface area contributed by atoms with Crippen LogP contribution in [0.2, 0.25) is 0 Å². The third-order valence-corrected chi connectivity index (χ3v) is 2.91. The van der Waals surface area contributed by atoms with Crippen molar-refractivity contribution in [3.63, 3.8) is 0 Å². The molecule has 92 valence electrons. The van der Waals surface area contributed by atoms with Gasteiger partial charge in [0.2, 0.25) is 0 Å². The van der Waals surface area contributed by atoms with Crippen LogP contribution >= 0.6 is 0 Å². The molecule has 17 heavy (non-hydrogen) atoms. The number of urea groups is 1. The van der Waals surface area contributed by atoms with Gasteiger partial charge in [0.05, 0.1) is 0 Å². The second kappa shape index (κ2) is 5.14. The van der Waals surface area contributed by atoms with E-state index in [0.717, 1.165) is 25.9 Å². The Morgan fingerprint density at radius 2 is 2.12 bits per heavy atom. The minimum Gasteiger partial charge on any atom is -0.326 e. The van der Waals surface area contributed by atoms with E-state index in [1.807, 2.05) is 0 Å². The van der Waals surface area contributed by atoms with Gasteiger partial charge in [-0.3, -0.25) is 0 Å². The molecule has 1 aromatic rings. The molecule has 1 aliphatic heterocycles. The highest BCUT2D eigenvalue weighted by atomic mass is 19.1. The maximum Gasteiger partial charge on any atom is 0.321 e. The molecule has 2 rings (SSSR count). The van der Waals surface area contributed by atoms with Crippen molar-refractivity contribution >= 4 is 11.7 Å². The molecule has 1 saturated heterocycles. The molecule has 1 fully saturated rings. The Morgan fingerprint density at radius 3 is 2.76 bits per heavy atom. The highest BCUT2D eigenvalue weighted by Gasteiger charge is 2.17. The number of hydrogen-bond acceptors (Lipinski definition) is 2. The Hall–Kier alpha value is -1.62. The molecule has 0 unspecified atom stereocenters. The third kappa shape index (κ3) is 2.74. The first-order valence-electron chi connectivity index (χ1n) is 5.75. The summed E-state index contributed by atoms with van der Waals surface area (Å²) in [5, 5.41) is 2.75. The molecule has 1 aliphatic rings. The molecule has 1 aromatic carbocycles. The number of benzene rings is 1. The summed E-state index contributed by atoms with van der Waals surface area (Å²) in [5.41, 5.74) is 6.40. The second-order valence-corrected chi connectivity index (χ2v) is 4.13. The first kappa shape index (κ1) is 11.9. The average Bonchev–Trinajstić information content (AvgIpc) is 2.85. The standard InChI is InChI=1S/C12H16FN3O/c13-11-4-3-10(7-9(11)8-14)15-12(17)16-5-1-2-6-16/h3-4,7H,1-2,5-6,8,14H2,(H,15,17). The molecule has 0 radical (unpaired) electrons. The zero-order chi connectivity index (χ0) is 12.3. The first-order chi connectivity index (χ1) is 8.20. The molecule has 0 bridgehead atoms. The number of anilines is 1. The van der Waals surface area contributed by atoms with Gasteiger partial charge in [0, 0.05) is 30.9 Å². The zero-order valence-corrected chi connectivity index (χ0v) is 9.58. The van der Waals surface area contributed by atoms with Crippen LogP contribution in [0.5, 0.6) is 0 Å². The molecular weight excluding hydrogens is 221 g/mol. The van der Waals surface area contributed by atoms with Crippen LogP contribution in [0.1, 0.15) is 18.4 Å². The first-order valence-corrected chi connectivity index (χ1v) is 5.75. The van der Waals surface area contributed by atoms with Crippen molar-refractivity contribution in [1.82, 2.24) is 4.90 Å².